The third-order valence-electron chi connectivity index (χ3n) is 11.7. The minimum Gasteiger partial charge on any atom is -0.384 e. The molecule has 1 unspecified atom stereocenters. The number of nitrogens with one attached hydrogen (secondary N) is 1. The molecule has 9 rings (SSSR count). The molecule has 3 aliphatic heterocycles. The number of rotatable bonds is 9. The van der Waals surface area contributed by atoms with Gasteiger partial charge in [-0.15, -0.1) is 0 Å². The number of carbonyl (C=O) groups excluding carboxylic acids is 3. The van der Waals surface area contributed by atoms with Crippen molar-refractivity contribution in [3.63, 3.8) is 0 Å². The zero-order valence-corrected chi connectivity index (χ0v) is 45.7. The van der Waals surface area contributed by atoms with Crippen LogP contribution in [0, 0.1) is 17.8 Å². The summed E-state index contributed by atoms with van der Waals surface area (Å²) in [4.78, 5) is 57.2. The van der Waals surface area contributed by atoms with Crippen LogP contribution in [0.15, 0.2) is 102 Å². The van der Waals surface area contributed by atoms with Gasteiger partial charge in [-0.3, -0.25) is 24.4 Å². The van der Waals surface area contributed by atoms with Crippen LogP contribution < -0.4 is 34.0 Å². The third kappa shape index (κ3) is 19.9. The summed E-state index contributed by atoms with van der Waals surface area (Å²) in [5, 5.41) is 13.8. The number of aliphatic hydroxyl groups excluding tert-OH is 1. The molecule has 3 saturated heterocycles. The summed E-state index contributed by atoms with van der Waals surface area (Å²) in [5.74, 6) is 1.90. The van der Waals surface area contributed by atoms with Crippen molar-refractivity contribution in [1.29, 1.82) is 0 Å². The molecule has 1 atom stereocenters. The van der Waals surface area contributed by atoms with Crippen molar-refractivity contribution >= 4 is 73.3 Å². The van der Waals surface area contributed by atoms with Crippen LogP contribution in [-0.4, -0.2) is 109 Å². The smallest absolute Gasteiger partial charge is 0.384 e. The Balaban J connectivity index is 0.000000232. The maximum Gasteiger partial charge on any atom is 1.00 e. The molecule has 6 aromatic rings. The first-order chi connectivity index (χ1) is 34.5. The average Bonchev–Trinajstić information content (AvgIpc) is 4.00. The number of amides is 1. The summed E-state index contributed by atoms with van der Waals surface area (Å²) in [5.41, 5.74) is 6.35. The summed E-state index contributed by atoms with van der Waals surface area (Å²) in [7, 11) is 0. The van der Waals surface area contributed by atoms with E-state index >= 15 is 0 Å². The fourth-order valence-corrected chi connectivity index (χ4v) is 7.26. The number of ketones is 1. The predicted molar refractivity (Wildman–Crippen MR) is 292 cm³/mol. The molecule has 3 fully saturated rings. The van der Waals surface area contributed by atoms with Crippen molar-refractivity contribution in [1.82, 2.24) is 19.9 Å². The minimum atomic E-state index is -0.773. The Morgan fingerprint density at radius 2 is 1.18 bits per heavy atom. The molecule has 14 nitrogen and oxygen atoms in total. The molecule has 2 aromatic heterocycles. The van der Waals surface area contributed by atoms with Crippen molar-refractivity contribution in [2.75, 3.05) is 80.9 Å². The largest absolute Gasteiger partial charge is 1.00 e. The van der Waals surface area contributed by atoms with Crippen LogP contribution in [0.3, 0.4) is 0 Å². The number of hydrogen-bond donors (Lipinski definition) is 2. The SMILES string of the molecule is C1CCOC1.CC(C)(C)C(=O)Cc1ccc(C(O)c2ccc3ncc(N4CCOCC4)nc3c2)cc1.CC(C)(C)C(=O)Nc1ccc(Br)cc1.O=Cc1ccc2ncc(N3CCOCC3)nc2c1.[CH2-]CCC.[Li+]. The van der Waals surface area contributed by atoms with E-state index in [4.69, 9.17) is 19.2 Å². The molecule has 0 spiro atoms. The van der Waals surface area contributed by atoms with E-state index in [1.807, 2.05) is 114 Å². The molecule has 0 bridgehead atoms. The van der Waals surface area contributed by atoms with E-state index in [-0.39, 0.29) is 41.4 Å². The first-order valence-electron chi connectivity index (χ1n) is 24.9. The van der Waals surface area contributed by atoms with Crippen LogP contribution in [0.25, 0.3) is 22.1 Å². The van der Waals surface area contributed by atoms with E-state index in [2.05, 4.69) is 59.8 Å². The van der Waals surface area contributed by atoms with E-state index < -0.39 is 6.10 Å². The molecule has 4 aromatic carbocycles. The molecule has 2 N–H and O–H groups in total. The monoisotopic (exact) mass is 1050 g/mol. The number of unbranched alkanes of at least 4 members (excludes halogenated alkanes) is 1. The van der Waals surface area contributed by atoms with Crippen molar-refractivity contribution < 1.29 is 52.6 Å². The van der Waals surface area contributed by atoms with Crippen molar-refractivity contribution in [3.8, 4) is 0 Å². The van der Waals surface area contributed by atoms with Gasteiger partial charge in [-0.25, -0.2) is 9.97 Å². The van der Waals surface area contributed by atoms with Crippen LogP contribution in [-0.2, 0) is 30.2 Å². The van der Waals surface area contributed by atoms with Gasteiger partial charge in [0.2, 0.25) is 5.91 Å². The van der Waals surface area contributed by atoms with E-state index in [0.29, 0.717) is 38.4 Å². The first kappa shape index (κ1) is 60.4. The minimum absolute atomic E-state index is 0. The Labute approximate surface area is 452 Å². The number of aldehydes is 1. The van der Waals surface area contributed by atoms with E-state index in [0.717, 1.165) is 113 Å². The van der Waals surface area contributed by atoms with E-state index in [1.165, 1.54) is 19.3 Å². The van der Waals surface area contributed by atoms with Gasteiger partial charge in [-0.1, -0.05) is 101 Å². The number of ether oxygens (including phenoxy) is 3. The number of aromatic nitrogens is 4. The second kappa shape index (κ2) is 30.3. The fourth-order valence-electron chi connectivity index (χ4n) is 6.99. The number of morpholine rings is 2. The Morgan fingerprint density at radius 1 is 0.699 bits per heavy atom. The summed E-state index contributed by atoms with van der Waals surface area (Å²) in [6, 6.07) is 26.1. The molecule has 0 aliphatic carbocycles. The van der Waals surface area contributed by atoms with Gasteiger partial charge in [0, 0.05) is 72.4 Å². The second-order valence-corrected chi connectivity index (χ2v) is 20.6. The Bertz CT molecular complexity index is 2620. The molecule has 0 saturated carbocycles. The molecule has 5 heterocycles. The Kier molecular flexibility index (Phi) is 25.1. The summed E-state index contributed by atoms with van der Waals surface area (Å²) in [6.45, 7) is 25.2. The topological polar surface area (TPSA) is 169 Å². The number of halogens is 1. The summed E-state index contributed by atoms with van der Waals surface area (Å²) in [6.07, 6.45) is 8.85. The first-order valence-corrected chi connectivity index (χ1v) is 25.7. The predicted octanol–water partition coefficient (Wildman–Crippen LogP) is 7.84. The van der Waals surface area contributed by atoms with E-state index in [9.17, 15) is 19.5 Å². The zero-order valence-electron chi connectivity index (χ0n) is 44.2. The molecule has 1 amide bonds. The van der Waals surface area contributed by atoms with Crippen LogP contribution in [0.4, 0.5) is 17.3 Å². The zero-order chi connectivity index (χ0) is 52.1. The summed E-state index contributed by atoms with van der Waals surface area (Å²) < 4.78 is 16.7. The van der Waals surface area contributed by atoms with Gasteiger partial charge in [0.05, 0.1) is 60.9 Å². The van der Waals surface area contributed by atoms with Crippen molar-refractivity contribution in [3.05, 3.63) is 131 Å². The number of fused-ring (bicyclic) bond motifs is 2. The Morgan fingerprint density at radius 3 is 1.63 bits per heavy atom. The van der Waals surface area contributed by atoms with Gasteiger partial charge in [0.25, 0.3) is 0 Å². The van der Waals surface area contributed by atoms with Gasteiger partial charge in [-0.05, 0) is 84.1 Å². The van der Waals surface area contributed by atoms with Crippen LogP contribution in [0.2, 0.25) is 0 Å². The Hall–Kier alpha value is -5.11. The number of aliphatic hydroxyl groups is 1. The van der Waals surface area contributed by atoms with Crippen molar-refractivity contribution in [2.24, 2.45) is 10.8 Å². The fraction of sp³-hybridized carbons (Fsp3) is 0.439. The molecular weight excluding hydrogens is 982 g/mol. The number of carbonyl (C=O) groups is 3. The molecule has 0 radical (unpaired) electrons. The standard InChI is InChI=1S/C25H29N3O3.C13H13N3O2.C11H14BrNO.C4H8O.C4H9.Li/c1-25(2,3)22(29)14-17-4-6-18(7-5-17)24(30)19-8-9-20-21(15-19)27-23(16-26-20)28-10-12-31-13-11-28;17-9-10-1-2-11-12(7-10)15-13(8-14-11)16-3-5-18-6-4-16;1-11(2,3)10(14)13-9-6-4-8(12)5-7-9;1-2-4-5-3-1;1-3-4-2;/h4-9,15-16,24,30H,10-14H2,1-3H3;1-2,7-9H,3-6H2;4-7H,1-3H3,(H,13,14);1-4H2;1,3-4H2,2H3;/q;;;;-1;+1. The average molecular weight is 1060 g/mol. The number of benzene rings is 4. The number of nitrogens with zero attached hydrogens (tertiary/aromatic N) is 6. The summed E-state index contributed by atoms with van der Waals surface area (Å²) >= 11 is 3.34. The van der Waals surface area contributed by atoms with Gasteiger partial charge in [0.15, 0.2) is 0 Å². The third-order valence-corrected chi connectivity index (χ3v) is 12.2. The maximum absolute atomic E-state index is 12.3. The van der Waals surface area contributed by atoms with Gasteiger partial charge < -0.3 is 41.4 Å². The van der Waals surface area contributed by atoms with Crippen LogP contribution in [0.1, 0.15) is 107 Å². The molecule has 386 valence electrons. The van der Waals surface area contributed by atoms with Crippen molar-refractivity contribution in [2.45, 2.75) is 86.7 Å². The van der Waals surface area contributed by atoms with Gasteiger partial charge >= 0.3 is 18.9 Å². The second-order valence-electron chi connectivity index (χ2n) is 19.6. The van der Waals surface area contributed by atoms with Crippen LogP contribution >= 0.6 is 15.9 Å². The van der Waals surface area contributed by atoms with Crippen LogP contribution in [0.5, 0.6) is 0 Å². The molecular formula is C57H73BrLiN7O7. The molecule has 73 heavy (non-hydrogen) atoms. The molecule has 3 aliphatic rings. The quantitative estimate of drug-likeness (QED) is 0.0817. The van der Waals surface area contributed by atoms with Gasteiger partial charge in [-0.2, -0.15) is 6.42 Å². The number of anilines is 3. The number of Topliss-reactive ketones (excluding diaryl/α,β-unsaturated/α-hetero) is 1. The van der Waals surface area contributed by atoms with E-state index in [1.54, 1.807) is 24.5 Å². The normalized spacial score (nSPS) is 14.8. The maximum atomic E-state index is 12.3. The molecule has 16 heteroatoms. The van der Waals surface area contributed by atoms with Gasteiger partial charge in [0.1, 0.15) is 29.8 Å². The number of hydrogen-bond acceptors (Lipinski definition) is 13.